The normalized spacial score (nSPS) is 42.0. The Morgan fingerprint density at radius 3 is 1.74 bits per heavy atom. The first kappa shape index (κ1) is 14.3. The van der Waals surface area contributed by atoms with Gasteiger partial charge in [-0.2, -0.15) is 10.5 Å². The second kappa shape index (κ2) is 5.13. The van der Waals surface area contributed by atoms with Gasteiger partial charge in [0.15, 0.2) is 11.6 Å². The van der Waals surface area contributed by atoms with E-state index in [2.05, 4.69) is 12.1 Å². The van der Waals surface area contributed by atoms with E-state index >= 15 is 0 Å². The number of fused-ring (bicyclic) bond motifs is 4. The zero-order valence-electron chi connectivity index (χ0n) is 12.5. The predicted octanol–water partition coefficient (Wildman–Crippen LogP) is 0.387. The van der Waals surface area contributed by atoms with Gasteiger partial charge in [0.25, 0.3) is 0 Å². The first-order valence-electron chi connectivity index (χ1n) is 7.89. The van der Waals surface area contributed by atoms with Crippen molar-refractivity contribution in [3.05, 3.63) is 24.3 Å². The fraction of sp³-hybridized carbons (Fsp3) is 0.529. The molecular formula is C17H16N4O2. The van der Waals surface area contributed by atoms with Crippen molar-refractivity contribution in [2.45, 2.75) is 37.0 Å². The molecule has 0 aromatic heterocycles. The zero-order chi connectivity index (χ0) is 16.1. The molecule has 6 heteroatoms. The molecule has 0 aromatic carbocycles. The summed E-state index contributed by atoms with van der Waals surface area (Å²) in [5.74, 6) is -0.324. The molecule has 0 saturated carbocycles. The molecule has 4 aliphatic heterocycles. The summed E-state index contributed by atoms with van der Waals surface area (Å²) < 4.78 is 0. The summed E-state index contributed by atoms with van der Waals surface area (Å²) in [5, 5.41) is 18.6. The van der Waals surface area contributed by atoms with Crippen molar-refractivity contribution in [3.63, 3.8) is 0 Å². The van der Waals surface area contributed by atoms with Gasteiger partial charge in [0.05, 0.1) is 42.7 Å². The van der Waals surface area contributed by atoms with Crippen molar-refractivity contribution in [3.8, 4) is 12.1 Å². The highest BCUT2D eigenvalue weighted by molar-refractivity contribution is 5.96. The minimum Gasteiger partial charge on any atom is -0.293 e. The minimum absolute atomic E-state index is 0.0297. The fourth-order valence-electron chi connectivity index (χ4n) is 4.40. The van der Waals surface area contributed by atoms with Crippen LogP contribution in [-0.4, -0.2) is 52.2 Å². The third kappa shape index (κ3) is 1.99. The van der Waals surface area contributed by atoms with Gasteiger partial charge in [-0.1, -0.05) is 12.2 Å². The second-order valence-corrected chi connectivity index (χ2v) is 6.65. The number of rotatable bonds is 2. The van der Waals surface area contributed by atoms with Crippen molar-refractivity contribution in [2.75, 3.05) is 6.67 Å². The average Bonchev–Trinajstić information content (AvgIpc) is 2.96. The summed E-state index contributed by atoms with van der Waals surface area (Å²) in [6.45, 7) is 0.452. The molecule has 4 rings (SSSR count). The molecule has 6 atom stereocenters. The third-order valence-electron chi connectivity index (χ3n) is 5.58. The quantitative estimate of drug-likeness (QED) is 0.733. The number of nitrogens with zero attached hydrogens (tertiary/aromatic N) is 4. The topological polar surface area (TPSA) is 88.2 Å². The maximum absolute atomic E-state index is 12.1. The molecule has 0 spiro atoms. The van der Waals surface area contributed by atoms with E-state index in [1.54, 1.807) is 12.2 Å². The van der Waals surface area contributed by atoms with E-state index in [9.17, 15) is 20.1 Å². The molecular weight excluding hydrogens is 292 g/mol. The van der Waals surface area contributed by atoms with E-state index in [1.165, 1.54) is 0 Å². The van der Waals surface area contributed by atoms with Gasteiger partial charge in [-0.15, -0.1) is 0 Å². The van der Waals surface area contributed by atoms with E-state index in [0.717, 1.165) is 0 Å². The summed E-state index contributed by atoms with van der Waals surface area (Å²) in [5.41, 5.74) is 0. The zero-order valence-corrected chi connectivity index (χ0v) is 12.5. The van der Waals surface area contributed by atoms with Crippen molar-refractivity contribution >= 4 is 11.6 Å². The van der Waals surface area contributed by atoms with Crippen LogP contribution in [0.15, 0.2) is 24.3 Å². The molecule has 0 aliphatic carbocycles. The third-order valence-corrected chi connectivity index (χ3v) is 5.58. The number of carbonyl (C=O) groups excluding carboxylic acids is 2. The molecule has 4 heterocycles. The molecule has 0 N–H and O–H groups in total. The lowest BCUT2D eigenvalue weighted by Crippen LogP contribution is -2.54. The Morgan fingerprint density at radius 1 is 0.913 bits per heavy atom. The smallest absolute Gasteiger partial charge is 0.172 e. The Labute approximate surface area is 134 Å². The van der Waals surface area contributed by atoms with Crippen molar-refractivity contribution in [1.82, 2.24) is 9.80 Å². The minimum atomic E-state index is -0.282. The van der Waals surface area contributed by atoms with Gasteiger partial charge >= 0.3 is 0 Å². The van der Waals surface area contributed by atoms with Crippen molar-refractivity contribution in [1.29, 1.82) is 10.5 Å². The SMILES string of the molecule is N#CC1CC2C(=O)C=CC1N2CN1C2CC(C#N)C1C=CC2=O. The van der Waals surface area contributed by atoms with E-state index in [-0.39, 0.29) is 47.6 Å². The lowest BCUT2D eigenvalue weighted by atomic mass is 10.0. The molecule has 0 aromatic rings. The van der Waals surface area contributed by atoms with Crippen LogP contribution in [0.2, 0.25) is 0 Å². The number of carbonyl (C=O) groups is 2. The van der Waals surface area contributed by atoms with Gasteiger partial charge in [-0.05, 0) is 25.0 Å². The highest BCUT2D eigenvalue weighted by Crippen LogP contribution is 2.39. The lowest BCUT2D eigenvalue weighted by Gasteiger charge is -2.39. The molecule has 2 fully saturated rings. The molecule has 4 bridgehead atoms. The van der Waals surface area contributed by atoms with Gasteiger partial charge in [0, 0.05) is 12.1 Å². The summed E-state index contributed by atoms with van der Waals surface area (Å²) in [6.07, 6.45) is 7.87. The molecule has 0 radical (unpaired) electrons. The van der Waals surface area contributed by atoms with Crippen LogP contribution in [0.25, 0.3) is 0 Å². The molecule has 6 unspecified atom stereocenters. The lowest BCUT2D eigenvalue weighted by molar-refractivity contribution is -0.122. The number of nitriles is 2. The van der Waals surface area contributed by atoms with Crippen molar-refractivity contribution < 1.29 is 9.59 Å². The van der Waals surface area contributed by atoms with E-state index in [4.69, 9.17) is 0 Å². The predicted molar refractivity (Wildman–Crippen MR) is 79.4 cm³/mol. The molecule has 23 heavy (non-hydrogen) atoms. The first-order chi connectivity index (χ1) is 11.1. The van der Waals surface area contributed by atoms with Gasteiger partial charge in [0.1, 0.15) is 0 Å². The first-order valence-corrected chi connectivity index (χ1v) is 7.89. The van der Waals surface area contributed by atoms with E-state index in [0.29, 0.717) is 19.5 Å². The summed E-state index contributed by atoms with van der Waals surface area (Å²) >= 11 is 0. The average molecular weight is 308 g/mol. The Kier molecular flexibility index (Phi) is 3.19. The van der Waals surface area contributed by atoms with E-state index < -0.39 is 0 Å². The number of hydrogen-bond acceptors (Lipinski definition) is 6. The maximum atomic E-state index is 12.1. The van der Waals surface area contributed by atoms with Crippen LogP contribution in [0.1, 0.15) is 12.8 Å². The standard InChI is InChI=1S/C17H16N4O2/c18-7-10-5-14-16(22)3-1-12(10)20(14)9-21-13-2-4-17(23)15(21)6-11(13)8-19/h1-4,10-15H,5-6,9H2. The fourth-order valence-corrected chi connectivity index (χ4v) is 4.40. The van der Waals surface area contributed by atoms with Gasteiger partial charge in [-0.25, -0.2) is 0 Å². The Hall–Kier alpha value is -2.28. The molecule has 6 nitrogen and oxygen atoms in total. The monoisotopic (exact) mass is 308 g/mol. The Morgan fingerprint density at radius 2 is 1.35 bits per heavy atom. The number of hydrogen-bond donors (Lipinski definition) is 0. The van der Waals surface area contributed by atoms with Crippen LogP contribution in [0.3, 0.4) is 0 Å². The van der Waals surface area contributed by atoms with E-state index in [1.807, 2.05) is 22.0 Å². The summed E-state index contributed by atoms with van der Waals surface area (Å²) in [4.78, 5) is 28.3. The highest BCUT2D eigenvalue weighted by Gasteiger charge is 2.50. The van der Waals surface area contributed by atoms with Crippen LogP contribution < -0.4 is 0 Å². The van der Waals surface area contributed by atoms with Crippen LogP contribution in [0.4, 0.5) is 0 Å². The molecule has 0 amide bonds. The van der Waals surface area contributed by atoms with Gasteiger partial charge < -0.3 is 0 Å². The Balaban J connectivity index is 1.62. The van der Waals surface area contributed by atoms with Crippen LogP contribution in [0.5, 0.6) is 0 Å². The van der Waals surface area contributed by atoms with Crippen LogP contribution in [0, 0.1) is 34.5 Å². The van der Waals surface area contributed by atoms with Gasteiger partial charge in [-0.3, -0.25) is 19.4 Å². The van der Waals surface area contributed by atoms with Crippen LogP contribution in [-0.2, 0) is 9.59 Å². The summed E-state index contributed by atoms with van der Waals surface area (Å²) in [6, 6.07) is 3.86. The molecule has 2 saturated heterocycles. The van der Waals surface area contributed by atoms with Crippen molar-refractivity contribution in [2.24, 2.45) is 11.8 Å². The second-order valence-electron chi connectivity index (χ2n) is 6.65. The number of ketones is 2. The highest BCUT2D eigenvalue weighted by atomic mass is 16.1. The van der Waals surface area contributed by atoms with Gasteiger partial charge in [0.2, 0.25) is 0 Å². The summed E-state index contributed by atoms with van der Waals surface area (Å²) in [7, 11) is 0. The molecule has 116 valence electrons. The molecule has 4 aliphatic rings. The Bertz CT molecular complexity index is 653. The maximum Gasteiger partial charge on any atom is 0.172 e. The van der Waals surface area contributed by atoms with Crippen LogP contribution >= 0.6 is 0 Å². The largest absolute Gasteiger partial charge is 0.293 e.